The van der Waals surface area contributed by atoms with Crippen molar-refractivity contribution < 1.29 is 9.53 Å². The molecule has 0 unspecified atom stereocenters. The molecule has 1 aliphatic rings. The van der Waals surface area contributed by atoms with Gasteiger partial charge in [-0.2, -0.15) is 0 Å². The molecule has 0 N–H and O–H groups in total. The molecule has 1 amide bonds. The minimum Gasteiger partial charge on any atom is -0.496 e. The topological polar surface area (TPSA) is 29.5 Å². The van der Waals surface area contributed by atoms with Crippen molar-refractivity contribution in [2.75, 3.05) is 13.7 Å². The first-order chi connectivity index (χ1) is 11.7. The lowest BCUT2D eigenvalue weighted by Gasteiger charge is -2.29. The van der Waals surface area contributed by atoms with Crippen LogP contribution in [0.2, 0.25) is 0 Å². The number of hydrogen-bond acceptors (Lipinski definition) is 2. The summed E-state index contributed by atoms with van der Waals surface area (Å²) in [5.74, 6) is 1.19. The molecule has 3 heteroatoms. The van der Waals surface area contributed by atoms with Crippen LogP contribution < -0.4 is 4.74 Å². The summed E-state index contributed by atoms with van der Waals surface area (Å²) in [6.07, 6.45) is 3.41. The Morgan fingerprint density at radius 2 is 1.96 bits per heavy atom. The average Bonchev–Trinajstić information content (AvgIpc) is 2.61. The normalized spacial score (nSPS) is 13.5. The predicted molar refractivity (Wildman–Crippen MR) is 96.2 cm³/mol. The summed E-state index contributed by atoms with van der Waals surface area (Å²) in [6, 6.07) is 14.7. The fourth-order valence-electron chi connectivity index (χ4n) is 3.41. The van der Waals surface area contributed by atoms with Crippen molar-refractivity contribution >= 4 is 5.91 Å². The molecule has 0 bridgehead atoms. The van der Waals surface area contributed by atoms with Crippen LogP contribution in [0.15, 0.2) is 42.5 Å². The largest absolute Gasteiger partial charge is 0.496 e. The maximum absolute atomic E-state index is 12.5. The minimum atomic E-state index is 0.273. The number of carbonyl (C=O) groups excluding carboxylic acids is 1. The number of nitrogens with zero attached hydrogens (tertiary/aromatic N) is 1. The Morgan fingerprint density at radius 3 is 2.71 bits per heavy atom. The number of aryl methyl sites for hydroxylation is 2. The van der Waals surface area contributed by atoms with Gasteiger partial charge in [0, 0.05) is 19.5 Å². The van der Waals surface area contributed by atoms with Crippen LogP contribution in [0, 0.1) is 6.92 Å². The number of fused-ring (bicyclic) bond motifs is 1. The third-order valence-electron chi connectivity index (χ3n) is 4.80. The van der Waals surface area contributed by atoms with Crippen LogP contribution in [0.4, 0.5) is 0 Å². The van der Waals surface area contributed by atoms with Gasteiger partial charge in [0.1, 0.15) is 5.75 Å². The fraction of sp³-hybridized carbons (Fsp3) is 0.381. The highest BCUT2D eigenvalue weighted by Crippen LogP contribution is 2.21. The second kappa shape index (κ2) is 7.52. The van der Waals surface area contributed by atoms with Gasteiger partial charge in [0.05, 0.1) is 7.11 Å². The summed E-state index contributed by atoms with van der Waals surface area (Å²) in [5.41, 5.74) is 5.09. The summed E-state index contributed by atoms with van der Waals surface area (Å²) >= 11 is 0. The average molecular weight is 323 g/mol. The summed E-state index contributed by atoms with van der Waals surface area (Å²) in [5, 5.41) is 0. The monoisotopic (exact) mass is 323 g/mol. The quantitative estimate of drug-likeness (QED) is 0.835. The number of carbonyl (C=O) groups is 1. The van der Waals surface area contributed by atoms with E-state index in [2.05, 4.69) is 43.3 Å². The maximum atomic E-state index is 12.5. The lowest BCUT2D eigenvalue weighted by molar-refractivity contribution is -0.132. The van der Waals surface area contributed by atoms with Crippen molar-refractivity contribution in [2.24, 2.45) is 0 Å². The van der Waals surface area contributed by atoms with Crippen LogP contribution in [0.1, 0.15) is 35.1 Å². The van der Waals surface area contributed by atoms with E-state index in [1.54, 1.807) is 7.11 Å². The van der Waals surface area contributed by atoms with Crippen molar-refractivity contribution in [3.05, 3.63) is 64.7 Å². The van der Waals surface area contributed by atoms with E-state index >= 15 is 0 Å². The number of rotatable bonds is 5. The zero-order valence-electron chi connectivity index (χ0n) is 14.5. The molecule has 0 aliphatic carbocycles. The number of ether oxygens (including phenoxy) is 1. The second-order valence-electron chi connectivity index (χ2n) is 6.49. The molecule has 1 heterocycles. The zero-order valence-corrected chi connectivity index (χ0v) is 14.5. The third-order valence-corrected chi connectivity index (χ3v) is 4.80. The Bertz CT molecular complexity index is 724. The van der Waals surface area contributed by atoms with Crippen molar-refractivity contribution in [3.63, 3.8) is 0 Å². The molecule has 3 rings (SSSR count). The van der Waals surface area contributed by atoms with Crippen molar-refractivity contribution in [3.8, 4) is 5.75 Å². The maximum Gasteiger partial charge on any atom is 0.222 e. The highest BCUT2D eigenvalue weighted by molar-refractivity contribution is 5.76. The van der Waals surface area contributed by atoms with E-state index in [1.165, 1.54) is 16.7 Å². The summed E-state index contributed by atoms with van der Waals surface area (Å²) in [4.78, 5) is 14.5. The Hall–Kier alpha value is -2.29. The van der Waals surface area contributed by atoms with Gasteiger partial charge in [0.15, 0.2) is 0 Å². The zero-order chi connectivity index (χ0) is 16.9. The van der Waals surface area contributed by atoms with Crippen molar-refractivity contribution in [2.45, 2.75) is 39.2 Å². The Balaban J connectivity index is 1.50. The van der Waals surface area contributed by atoms with Crippen LogP contribution in [-0.4, -0.2) is 24.5 Å². The molecular formula is C21H25NO2. The van der Waals surface area contributed by atoms with E-state index in [-0.39, 0.29) is 5.91 Å². The van der Waals surface area contributed by atoms with Gasteiger partial charge in [-0.3, -0.25) is 4.79 Å². The Kier molecular flexibility index (Phi) is 5.19. The molecule has 0 spiro atoms. The lowest BCUT2D eigenvalue weighted by Crippen LogP contribution is -2.35. The molecule has 0 saturated carbocycles. The van der Waals surface area contributed by atoms with Crippen LogP contribution in [0.25, 0.3) is 0 Å². The molecule has 3 nitrogen and oxygen atoms in total. The molecule has 126 valence electrons. The number of benzene rings is 2. The lowest BCUT2D eigenvalue weighted by atomic mass is 9.99. The fourth-order valence-corrected chi connectivity index (χ4v) is 3.41. The SMILES string of the molecule is COc1ccc(CCCC(=O)N2CCc3ccccc3C2)cc1C. The second-order valence-corrected chi connectivity index (χ2v) is 6.49. The first kappa shape index (κ1) is 16.6. The van der Waals surface area contributed by atoms with Gasteiger partial charge in [-0.25, -0.2) is 0 Å². The van der Waals surface area contributed by atoms with Gasteiger partial charge < -0.3 is 9.64 Å². The van der Waals surface area contributed by atoms with E-state index in [1.807, 2.05) is 11.0 Å². The summed E-state index contributed by atoms with van der Waals surface area (Å²) in [6.45, 7) is 3.66. The molecule has 2 aromatic carbocycles. The van der Waals surface area contributed by atoms with Gasteiger partial charge in [0.25, 0.3) is 0 Å². The molecule has 0 atom stereocenters. The van der Waals surface area contributed by atoms with E-state index in [0.717, 1.165) is 43.7 Å². The first-order valence-corrected chi connectivity index (χ1v) is 8.65. The molecule has 0 aromatic heterocycles. The third kappa shape index (κ3) is 3.78. The standard InChI is InChI=1S/C21H25NO2/c1-16-14-17(10-11-20(16)24-2)6-5-9-21(23)22-13-12-18-7-3-4-8-19(18)15-22/h3-4,7-8,10-11,14H,5-6,9,12-13,15H2,1-2H3. The smallest absolute Gasteiger partial charge is 0.222 e. The molecule has 2 aromatic rings. The van der Waals surface area contributed by atoms with E-state index in [9.17, 15) is 4.79 Å². The molecule has 0 saturated heterocycles. The molecular weight excluding hydrogens is 298 g/mol. The van der Waals surface area contributed by atoms with Crippen LogP contribution in [0.5, 0.6) is 5.75 Å². The number of methoxy groups -OCH3 is 1. The predicted octanol–water partition coefficient (Wildman–Crippen LogP) is 3.91. The van der Waals surface area contributed by atoms with E-state index in [0.29, 0.717) is 6.42 Å². The number of amides is 1. The number of hydrogen-bond donors (Lipinski definition) is 0. The first-order valence-electron chi connectivity index (χ1n) is 8.65. The summed E-state index contributed by atoms with van der Waals surface area (Å²) < 4.78 is 5.29. The molecule has 0 radical (unpaired) electrons. The van der Waals surface area contributed by atoms with Gasteiger partial charge in [-0.05, 0) is 54.5 Å². The Labute approximate surface area is 144 Å². The highest BCUT2D eigenvalue weighted by Gasteiger charge is 2.19. The minimum absolute atomic E-state index is 0.273. The van der Waals surface area contributed by atoms with Crippen LogP contribution in [0.3, 0.4) is 0 Å². The Morgan fingerprint density at radius 1 is 1.17 bits per heavy atom. The van der Waals surface area contributed by atoms with Gasteiger partial charge in [0.2, 0.25) is 5.91 Å². The van der Waals surface area contributed by atoms with Gasteiger partial charge in [-0.1, -0.05) is 36.4 Å². The van der Waals surface area contributed by atoms with Crippen LogP contribution in [-0.2, 0) is 24.2 Å². The van der Waals surface area contributed by atoms with E-state index in [4.69, 9.17) is 4.74 Å². The van der Waals surface area contributed by atoms with Gasteiger partial charge in [-0.15, -0.1) is 0 Å². The molecule has 0 fully saturated rings. The van der Waals surface area contributed by atoms with E-state index < -0.39 is 0 Å². The van der Waals surface area contributed by atoms with Crippen molar-refractivity contribution in [1.29, 1.82) is 0 Å². The summed E-state index contributed by atoms with van der Waals surface area (Å²) in [7, 11) is 1.69. The molecule has 1 aliphatic heterocycles. The van der Waals surface area contributed by atoms with Gasteiger partial charge >= 0.3 is 0 Å². The highest BCUT2D eigenvalue weighted by atomic mass is 16.5. The van der Waals surface area contributed by atoms with Crippen LogP contribution >= 0.6 is 0 Å². The molecule has 24 heavy (non-hydrogen) atoms. The van der Waals surface area contributed by atoms with Crippen molar-refractivity contribution in [1.82, 2.24) is 4.90 Å².